The van der Waals surface area contributed by atoms with E-state index in [1.165, 1.54) is 0 Å². The fourth-order valence-electron chi connectivity index (χ4n) is 1.50. The minimum absolute atomic E-state index is 0.274. The molecule has 1 aliphatic heterocycles. The summed E-state index contributed by atoms with van der Waals surface area (Å²) in [7, 11) is 0. The third-order valence-electron chi connectivity index (χ3n) is 2.18. The summed E-state index contributed by atoms with van der Waals surface area (Å²) in [6.45, 7) is 11.0. The largest absolute Gasteiger partial charge is 0.343 e. The van der Waals surface area contributed by atoms with Crippen molar-refractivity contribution in [2.75, 3.05) is 26.2 Å². The SMILES string of the molecule is CC.CC.O=CCNCCCN1CCCC1=O. The van der Waals surface area contributed by atoms with Gasteiger partial charge >= 0.3 is 0 Å². The second-order valence-electron chi connectivity index (χ2n) is 3.21. The van der Waals surface area contributed by atoms with Crippen molar-refractivity contribution in [1.82, 2.24) is 10.2 Å². The van der Waals surface area contributed by atoms with Gasteiger partial charge in [0.25, 0.3) is 0 Å². The van der Waals surface area contributed by atoms with E-state index in [0.29, 0.717) is 13.0 Å². The molecule has 0 spiro atoms. The van der Waals surface area contributed by atoms with Crippen molar-refractivity contribution < 1.29 is 9.59 Å². The van der Waals surface area contributed by atoms with Crippen LogP contribution in [-0.2, 0) is 9.59 Å². The van der Waals surface area contributed by atoms with E-state index in [9.17, 15) is 9.59 Å². The number of likely N-dealkylation sites (tertiary alicyclic amines) is 1. The first-order valence-corrected chi connectivity index (χ1v) is 6.76. The van der Waals surface area contributed by atoms with Crippen LogP contribution in [0.5, 0.6) is 0 Å². The van der Waals surface area contributed by atoms with Gasteiger partial charge in [0.05, 0.1) is 6.54 Å². The number of nitrogens with zero attached hydrogens (tertiary/aromatic N) is 1. The predicted molar refractivity (Wildman–Crippen MR) is 72.1 cm³/mol. The van der Waals surface area contributed by atoms with Gasteiger partial charge in [-0.25, -0.2) is 0 Å². The molecule has 17 heavy (non-hydrogen) atoms. The summed E-state index contributed by atoms with van der Waals surface area (Å²) in [5, 5.41) is 2.97. The fraction of sp³-hybridized carbons (Fsp3) is 0.846. The normalized spacial score (nSPS) is 13.4. The maximum absolute atomic E-state index is 11.1. The number of carbonyl (C=O) groups excluding carboxylic acids is 2. The van der Waals surface area contributed by atoms with Crippen LogP contribution in [0.1, 0.15) is 47.0 Å². The highest BCUT2D eigenvalue weighted by molar-refractivity contribution is 5.77. The van der Waals surface area contributed by atoms with Crippen molar-refractivity contribution in [3.05, 3.63) is 0 Å². The standard InChI is InChI=1S/C9H16N2O2.2C2H6/c12-8-5-10-4-2-7-11-6-1-3-9(11)13;2*1-2/h8,10H,1-7H2;2*1-2H3. The van der Waals surface area contributed by atoms with Gasteiger partial charge < -0.3 is 15.0 Å². The lowest BCUT2D eigenvalue weighted by Crippen LogP contribution is -2.28. The van der Waals surface area contributed by atoms with Crippen LogP contribution in [0.2, 0.25) is 0 Å². The van der Waals surface area contributed by atoms with Crippen LogP contribution >= 0.6 is 0 Å². The lowest BCUT2D eigenvalue weighted by atomic mass is 10.4. The average Bonchev–Trinajstić information content (AvgIpc) is 2.80. The number of rotatable bonds is 6. The zero-order valence-corrected chi connectivity index (χ0v) is 11.8. The molecule has 0 atom stereocenters. The van der Waals surface area contributed by atoms with Gasteiger partial charge in [-0.1, -0.05) is 27.7 Å². The molecule has 0 aliphatic carbocycles. The van der Waals surface area contributed by atoms with E-state index in [0.717, 1.165) is 38.8 Å². The molecular formula is C13H28N2O2. The van der Waals surface area contributed by atoms with Crippen LogP contribution in [0.4, 0.5) is 0 Å². The highest BCUT2D eigenvalue weighted by Gasteiger charge is 2.18. The molecule has 0 bridgehead atoms. The molecule has 1 N–H and O–H groups in total. The van der Waals surface area contributed by atoms with Crippen molar-refractivity contribution >= 4 is 12.2 Å². The lowest BCUT2D eigenvalue weighted by molar-refractivity contribution is -0.127. The number of hydrogen-bond donors (Lipinski definition) is 1. The maximum Gasteiger partial charge on any atom is 0.222 e. The Bertz CT molecular complexity index is 184. The lowest BCUT2D eigenvalue weighted by Gasteiger charge is -2.14. The zero-order chi connectivity index (χ0) is 13.5. The van der Waals surface area contributed by atoms with Crippen LogP contribution in [0.3, 0.4) is 0 Å². The highest BCUT2D eigenvalue weighted by Crippen LogP contribution is 2.08. The molecule has 102 valence electrons. The molecule has 1 amide bonds. The Hall–Kier alpha value is -0.900. The summed E-state index contributed by atoms with van der Waals surface area (Å²) in [6.07, 6.45) is 3.49. The van der Waals surface area contributed by atoms with Crippen molar-refractivity contribution in [2.24, 2.45) is 0 Å². The molecule has 1 saturated heterocycles. The van der Waals surface area contributed by atoms with Gasteiger partial charge in [0.15, 0.2) is 0 Å². The predicted octanol–water partition coefficient (Wildman–Crippen LogP) is 1.84. The van der Waals surface area contributed by atoms with Gasteiger partial charge in [0, 0.05) is 19.5 Å². The summed E-state index contributed by atoms with van der Waals surface area (Å²) in [5.74, 6) is 0.274. The van der Waals surface area contributed by atoms with E-state index >= 15 is 0 Å². The van der Waals surface area contributed by atoms with Crippen LogP contribution < -0.4 is 5.32 Å². The third kappa shape index (κ3) is 10.00. The van der Waals surface area contributed by atoms with E-state index in [1.54, 1.807) is 0 Å². The van der Waals surface area contributed by atoms with E-state index < -0.39 is 0 Å². The molecule has 0 aromatic carbocycles. The van der Waals surface area contributed by atoms with E-state index in [4.69, 9.17) is 0 Å². The average molecular weight is 244 g/mol. The monoisotopic (exact) mass is 244 g/mol. The quantitative estimate of drug-likeness (QED) is 0.573. The Kier molecular flexibility index (Phi) is 16.4. The van der Waals surface area contributed by atoms with Gasteiger partial charge in [-0.3, -0.25) is 4.79 Å². The number of carbonyl (C=O) groups is 2. The van der Waals surface area contributed by atoms with Gasteiger partial charge in [0.2, 0.25) is 5.91 Å². The molecule has 0 saturated carbocycles. The smallest absolute Gasteiger partial charge is 0.222 e. The molecule has 1 aliphatic rings. The van der Waals surface area contributed by atoms with Crippen molar-refractivity contribution in [3.63, 3.8) is 0 Å². The molecular weight excluding hydrogens is 216 g/mol. The molecule has 1 fully saturated rings. The molecule has 4 heteroatoms. The summed E-state index contributed by atoms with van der Waals surface area (Å²) in [6, 6.07) is 0. The number of nitrogens with one attached hydrogen (secondary N) is 1. The van der Waals surface area contributed by atoms with Gasteiger partial charge in [-0.05, 0) is 19.4 Å². The maximum atomic E-state index is 11.1. The van der Waals surface area contributed by atoms with Gasteiger partial charge in [-0.15, -0.1) is 0 Å². The Morgan fingerprint density at radius 1 is 1.29 bits per heavy atom. The molecule has 0 aromatic heterocycles. The molecule has 1 rings (SSSR count). The minimum Gasteiger partial charge on any atom is -0.343 e. The van der Waals surface area contributed by atoms with E-state index in [1.807, 2.05) is 32.6 Å². The van der Waals surface area contributed by atoms with Gasteiger partial charge in [0.1, 0.15) is 6.29 Å². The molecule has 0 radical (unpaired) electrons. The Morgan fingerprint density at radius 3 is 2.41 bits per heavy atom. The van der Waals surface area contributed by atoms with Crippen LogP contribution in [0, 0.1) is 0 Å². The number of aldehydes is 1. The van der Waals surface area contributed by atoms with Crippen molar-refractivity contribution in [3.8, 4) is 0 Å². The Morgan fingerprint density at radius 2 is 1.94 bits per heavy atom. The summed E-state index contributed by atoms with van der Waals surface area (Å²) < 4.78 is 0. The third-order valence-corrected chi connectivity index (χ3v) is 2.18. The molecule has 4 nitrogen and oxygen atoms in total. The summed E-state index contributed by atoms with van der Waals surface area (Å²) >= 11 is 0. The molecule has 1 heterocycles. The topological polar surface area (TPSA) is 49.4 Å². The molecule has 0 aromatic rings. The first-order valence-electron chi connectivity index (χ1n) is 6.76. The number of amides is 1. The van der Waals surface area contributed by atoms with Gasteiger partial charge in [-0.2, -0.15) is 0 Å². The van der Waals surface area contributed by atoms with Crippen molar-refractivity contribution in [1.29, 1.82) is 0 Å². The second-order valence-corrected chi connectivity index (χ2v) is 3.21. The molecule has 0 unspecified atom stereocenters. The number of hydrogen-bond acceptors (Lipinski definition) is 3. The fourth-order valence-corrected chi connectivity index (χ4v) is 1.50. The van der Waals surface area contributed by atoms with Crippen LogP contribution in [0.15, 0.2) is 0 Å². The first kappa shape index (κ1) is 18.5. The summed E-state index contributed by atoms with van der Waals surface area (Å²) in [4.78, 5) is 23.0. The van der Waals surface area contributed by atoms with E-state index in [2.05, 4.69) is 5.32 Å². The van der Waals surface area contributed by atoms with Crippen LogP contribution in [0.25, 0.3) is 0 Å². The van der Waals surface area contributed by atoms with Crippen LogP contribution in [-0.4, -0.2) is 43.3 Å². The second kappa shape index (κ2) is 15.1. The van der Waals surface area contributed by atoms with E-state index in [-0.39, 0.29) is 5.91 Å². The Balaban J connectivity index is 0. The highest BCUT2D eigenvalue weighted by atomic mass is 16.2. The minimum atomic E-state index is 0.274. The summed E-state index contributed by atoms with van der Waals surface area (Å²) in [5.41, 5.74) is 0. The zero-order valence-electron chi connectivity index (χ0n) is 11.8. The first-order chi connectivity index (χ1) is 8.34. The van der Waals surface area contributed by atoms with Crippen molar-refractivity contribution in [2.45, 2.75) is 47.0 Å². The Labute approximate surface area is 106 Å².